The van der Waals surface area contributed by atoms with Gasteiger partial charge in [-0.2, -0.15) is 0 Å². The zero-order valence-electron chi connectivity index (χ0n) is 9.58. The van der Waals surface area contributed by atoms with Gasteiger partial charge in [-0.05, 0) is 31.8 Å². The topological polar surface area (TPSA) is 32.3 Å². The molecule has 88 valence electrons. The molecule has 2 unspecified atom stereocenters. The van der Waals surface area contributed by atoms with Crippen LogP contribution in [0, 0.1) is 5.92 Å². The quantitative estimate of drug-likeness (QED) is 0.744. The zero-order chi connectivity index (χ0) is 10.7. The van der Waals surface area contributed by atoms with Crippen molar-refractivity contribution in [1.29, 1.82) is 0 Å². The lowest BCUT2D eigenvalue weighted by atomic mass is 9.84. The van der Waals surface area contributed by atoms with Gasteiger partial charge in [-0.3, -0.25) is 4.21 Å². The van der Waals surface area contributed by atoms with Crippen LogP contribution in [0.1, 0.15) is 19.8 Å². The lowest BCUT2D eigenvalue weighted by Crippen LogP contribution is -2.56. The van der Waals surface area contributed by atoms with Crippen LogP contribution in [0.2, 0.25) is 0 Å². The first-order chi connectivity index (χ1) is 7.29. The van der Waals surface area contributed by atoms with Crippen LogP contribution in [0.15, 0.2) is 0 Å². The van der Waals surface area contributed by atoms with E-state index < -0.39 is 10.8 Å². The van der Waals surface area contributed by atoms with E-state index in [0.717, 1.165) is 24.0 Å². The molecule has 0 amide bonds. The summed E-state index contributed by atoms with van der Waals surface area (Å²) >= 11 is 0. The van der Waals surface area contributed by atoms with Crippen LogP contribution in [0.5, 0.6) is 0 Å². The Morgan fingerprint density at radius 3 is 2.67 bits per heavy atom. The van der Waals surface area contributed by atoms with Crippen LogP contribution >= 0.6 is 0 Å². The molecule has 1 N–H and O–H groups in total. The van der Waals surface area contributed by atoms with Crippen LogP contribution in [-0.4, -0.2) is 52.8 Å². The molecular formula is C11H22N2OS. The normalized spacial score (nSPS) is 36.7. The number of fused-ring (bicyclic) bond motifs is 3. The summed E-state index contributed by atoms with van der Waals surface area (Å²) in [5, 5.41) is 3.58. The smallest absolute Gasteiger partial charge is 0.0360 e. The van der Waals surface area contributed by atoms with Crippen molar-refractivity contribution >= 4 is 10.8 Å². The number of rotatable bonds is 5. The van der Waals surface area contributed by atoms with Crippen molar-refractivity contribution in [2.45, 2.75) is 25.8 Å². The minimum atomic E-state index is -0.609. The molecule has 3 rings (SSSR count). The molecule has 3 aliphatic heterocycles. The molecule has 0 radical (unpaired) electrons. The van der Waals surface area contributed by atoms with Crippen LogP contribution in [0.25, 0.3) is 0 Å². The summed E-state index contributed by atoms with van der Waals surface area (Å²) in [6, 6.07) is 0.668. The van der Waals surface area contributed by atoms with Gasteiger partial charge in [0, 0.05) is 41.4 Å². The molecule has 15 heavy (non-hydrogen) atoms. The Morgan fingerprint density at radius 2 is 2.13 bits per heavy atom. The van der Waals surface area contributed by atoms with Gasteiger partial charge in [0.05, 0.1) is 0 Å². The molecule has 3 saturated heterocycles. The predicted molar refractivity (Wildman–Crippen MR) is 64.5 cm³/mol. The lowest BCUT2D eigenvalue weighted by Gasteiger charge is -2.45. The molecule has 2 bridgehead atoms. The minimum Gasteiger partial charge on any atom is -0.312 e. The minimum absolute atomic E-state index is 0.609. The van der Waals surface area contributed by atoms with Gasteiger partial charge in [0.2, 0.25) is 0 Å². The molecule has 0 spiro atoms. The Hall–Kier alpha value is 0.0700. The molecule has 0 aromatic rings. The highest BCUT2D eigenvalue weighted by molar-refractivity contribution is 7.84. The fourth-order valence-corrected chi connectivity index (χ4v) is 3.33. The highest BCUT2D eigenvalue weighted by atomic mass is 32.2. The van der Waals surface area contributed by atoms with Gasteiger partial charge in [0.1, 0.15) is 0 Å². The molecule has 4 heteroatoms. The third-order valence-corrected chi connectivity index (χ3v) is 5.02. The van der Waals surface area contributed by atoms with Crippen molar-refractivity contribution in [2.75, 3.05) is 37.7 Å². The van der Waals surface area contributed by atoms with E-state index in [9.17, 15) is 4.21 Å². The molecule has 2 atom stereocenters. The number of nitrogens with one attached hydrogen (secondary N) is 1. The van der Waals surface area contributed by atoms with Gasteiger partial charge in [0.25, 0.3) is 0 Å². The molecule has 0 saturated carbocycles. The molecule has 3 nitrogen and oxygen atoms in total. The van der Waals surface area contributed by atoms with Crippen molar-refractivity contribution in [2.24, 2.45) is 5.92 Å². The monoisotopic (exact) mass is 230 g/mol. The first-order valence-corrected chi connectivity index (χ1v) is 7.59. The van der Waals surface area contributed by atoms with Crippen molar-refractivity contribution in [1.82, 2.24) is 10.2 Å². The van der Waals surface area contributed by atoms with Gasteiger partial charge in [-0.25, -0.2) is 0 Å². The van der Waals surface area contributed by atoms with E-state index in [4.69, 9.17) is 0 Å². The van der Waals surface area contributed by atoms with Gasteiger partial charge in [-0.15, -0.1) is 0 Å². The maximum absolute atomic E-state index is 11.3. The first-order valence-electron chi connectivity index (χ1n) is 6.10. The lowest BCUT2D eigenvalue weighted by molar-refractivity contribution is 0.0738. The van der Waals surface area contributed by atoms with Crippen LogP contribution < -0.4 is 5.32 Å². The number of piperidine rings is 3. The van der Waals surface area contributed by atoms with Crippen molar-refractivity contribution in [3.8, 4) is 0 Å². The summed E-state index contributed by atoms with van der Waals surface area (Å²) in [6.07, 6.45) is 2.71. The Kier molecular flexibility index (Phi) is 4.17. The van der Waals surface area contributed by atoms with Gasteiger partial charge >= 0.3 is 0 Å². The molecular weight excluding hydrogens is 208 g/mol. The molecule has 0 aromatic heterocycles. The van der Waals surface area contributed by atoms with E-state index in [0.29, 0.717) is 6.04 Å². The maximum atomic E-state index is 11.3. The van der Waals surface area contributed by atoms with Crippen LogP contribution in [0.4, 0.5) is 0 Å². The average molecular weight is 230 g/mol. The number of hydrogen-bond acceptors (Lipinski definition) is 3. The summed E-state index contributed by atoms with van der Waals surface area (Å²) in [5.74, 6) is 2.49. The summed E-state index contributed by atoms with van der Waals surface area (Å²) in [4.78, 5) is 2.55. The van der Waals surface area contributed by atoms with Gasteiger partial charge < -0.3 is 10.2 Å². The zero-order valence-corrected chi connectivity index (χ0v) is 10.4. The Labute approximate surface area is 95.1 Å². The van der Waals surface area contributed by atoms with Crippen molar-refractivity contribution in [3.05, 3.63) is 0 Å². The molecule has 0 aromatic carbocycles. The average Bonchev–Trinajstić information content (AvgIpc) is 2.30. The molecule has 3 aliphatic rings. The van der Waals surface area contributed by atoms with Gasteiger partial charge in [-0.1, -0.05) is 6.92 Å². The third kappa shape index (κ3) is 3.02. The van der Waals surface area contributed by atoms with E-state index in [2.05, 4.69) is 10.2 Å². The molecule has 3 fully saturated rings. The highest BCUT2D eigenvalue weighted by Gasteiger charge is 2.33. The van der Waals surface area contributed by atoms with E-state index in [-0.39, 0.29) is 0 Å². The van der Waals surface area contributed by atoms with Crippen molar-refractivity contribution < 1.29 is 4.21 Å². The van der Waals surface area contributed by atoms with E-state index in [1.165, 1.54) is 32.5 Å². The van der Waals surface area contributed by atoms with E-state index in [1.807, 2.05) is 6.92 Å². The molecule has 3 heterocycles. The second-order valence-corrected chi connectivity index (χ2v) is 6.50. The predicted octanol–water partition coefficient (Wildman–Crippen LogP) is 0.439. The van der Waals surface area contributed by atoms with Gasteiger partial charge in [0.15, 0.2) is 0 Å². The number of nitrogens with zero attached hydrogens (tertiary/aromatic N) is 1. The van der Waals surface area contributed by atoms with Crippen molar-refractivity contribution in [3.63, 3.8) is 0 Å². The maximum Gasteiger partial charge on any atom is 0.0360 e. The van der Waals surface area contributed by atoms with Crippen LogP contribution in [0.3, 0.4) is 0 Å². The Bertz CT molecular complexity index is 227. The van der Waals surface area contributed by atoms with E-state index in [1.54, 1.807) is 0 Å². The first kappa shape index (κ1) is 11.6. The summed E-state index contributed by atoms with van der Waals surface area (Å²) in [5.41, 5.74) is 0. The number of hydrogen-bond donors (Lipinski definition) is 1. The fraction of sp³-hybridized carbons (Fsp3) is 1.00. The highest BCUT2D eigenvalue weighted by Crippen LogP contribution is 2.27. The summed E-state index contributed by atoms with van der Waals surface area (Å²) < 4.78 is 11.3. The van der Waals surface area contributed by atoms with E-state index >= 15 is 0 Å². The fourth-order valence-electron chi connectivity index (χ4n) is 2.70. The second kappa shape index (κ2) is 5.41. The Balaban J connectivity index is 1.69. The largest absolute Gasteiger partial charge is 0.312 e. The summed E-state index contributed by atoms with van der Waals surface area (Å²) in [7, 11) is -0.609. The summed E-state index contributed by atoms with van der Waals surface area (Å²) in [6.45, 7) is 6.72. The SMILES string of the molecule is CCS(=O)CCNC1CN2CCC1CC2. The third-order valence-electron chi connectivity index (χ3n) is 3.71. The Morgan fingerprint density at radius 1 is 1.40 bits per heavy atom. The molecule has 0 aliphatic carbocycles. The second-order valence-electron chi connectivity index (χ2n) is 4.63. The standard InChI is InChI=1S/C11H22N2OS/c1-2-15(14)8-5-12-11-9-13-6-3-10(11)4-7-13/h10-12H,2-9H2,1H3. The van der Waals surface area contributed by atoms with Crippen LogP contribution in [-0.2, 0) is 10.8 Å².